The molecule has 0 aliphatic carbocycles. The predicted molar refractivity (Wildman–Crippen MR) is 55.5 cm³/mol. The number of Topliss-reactive ketones (excluding diaryl/α,β-unsaturated/α-hetero) is 1. The minimum Gasteiger partial charge on any atom is -0.336 e. The summed E-state index contributed by atoms with van der Waals surface area (Å²) >= 11 is 0. The van der Waals surface area contributed by atoms with Crippen molar-refractivity contribution in [1.29, 1.82) is 0 Å². The van der Waals surface area contributed by atoms with Crippen LogP contribution in [0.5, 0.6) is 0 Å². The predicted octanol–water partition coefficient (Wildman–Crippen LogP) is 0.255. The first kappa shape index (κ1) is 12.2. The Labute approximate surface area is 80.9 Å². The summed E-state index contributed by atoms with van der Waals surface area (Å²) in [7, 11) is 1.82. The fourth-order valence-electron chi connectivity index (χ4n) is 1.11. The van der Waals surface area contributed by atoms with E-state index in [1.165, 1.54) is 0 Å². The van der Waals surface area contributed by atoms with Gasteiger partial charge in [-0.25, -0.2) is 0 Å². The molecule has 0 spiro atoms. The first-order valence-electron chi connectivity index (χ1n) is 4.95. The summed E-state index contributed by atoms with van der Waals surface area (Å²) in [5.41, 5.74) is 0. The number of hydrogen-bond acceptors (Lipinski definition) is 2. The number of amides is 1. The van der Waals surface area contributed by atoms with E-state index in [1.807, 2.05) is 21.7 Å². The summed E-state index contributed by atoms with van der Waals surface area (Å²) in [5, 5.41) is 0. The highest BCUT2D eigenvalue weighted by Crippen LogP contribution is 1.97. The van der Waals surface area contributed by atoms with Gasteiger partial charge in [-0.3, -0.25) is 9.59 Å². The maximum absolute atomic E-state index is 11.3. The SMILES string of the molecule is BCC(=O)N(CCC)CC(=O)CC. The van der Waals surface area contributed by atoms with Crippen LogP contribution in [-0.2, 0) is 9.59 Å². The average Bonchev–Trinajstić information content (AvgIpc) is 2.15. The molecule has 0 fully saturated rings. The highest BCUT2D eigenvalue weighted by atomic mass is 16.2. The lowest BCUT2D eigenvalue weighted by molar-refractivity contribution is -0.133. The number of nitrogens with zero attached hydrogens (tertiary/aromatic N) is 1. The lowest BCUT2D eigenvalue weighted by Crippen LogP contribution is -2.35. The molecular weight excluding hydrogens is 165 g/mol. The van der Waals surface area contributed by atoms with E-state index in [1.54, 1.807) is 4.90 Å². The molecule has 0 unspecified atom stereocenters. The Bertz CT molecular complexity index is 182. The second-order valence-electron chi connectivity index (χ2n) is 3.06. The lowest BCUT2D eigenvalue weighted by atomic mass is 10.0. The maximum atomic E-state index is 11.3. The third kappa shape index (κ3) is 4.71. The number of carbonyl (C=O) groups excluding carboxylic acids is 2. The topological polar surface area (TPSA) is 37.4 Å². The van der Waals surface area contributed by atoms with Crippen LogP contribution in [0.4, 0.5) is 0 Å². The van der Waals surface area contributed by atoms with Gasteiger partial charge in [0.2, 0.25) is 5.91 Å². The highest BCUT2D eigenvalue weighted by Gasteiger charge is 2.12. The lowest BCUT2D eigenvalue weighted by Gasteiger charge is -2.20. The van der Waals surface area contributed by atoms with E-state index < -0.39 is 0 Å². The van der Waals surface area contributed by atoms with Crippen LogP contribution in [0.25, 0.3) is 0 Å². The smallest absolute Gasteiger partial charge is 0.215 e. The van der Waals surface area contributed by atoms with Crippen molar-refractivity contribution in [2.45, 2.75) is 33.0 Å². The van der Waals surface area contributed by atoms with Gasteiger partial charge in [-0.15, -0.1) is 0 Å². The molecule has 0 aliphatic rings. The van der Waals surface area contributed by atoms with Crippen LogP contribution in [0.3, 0.4) is 0 Å². The zero-order valence-electron chi connectivity index (χ0n) is 8.80. The van der Waals surface area contributed by atoms with Crippen molar-refractivity contribution >= 4 is 19.5 Å². The molecule has 0 heterocycles. The van der Waals surface area contributed by atoms with Crippen molar-refractivity contribution in [2.75, 3.05) is 13.1 Å². The van der Waals surface area contributed by atoms with E-state index in [9.17, 15) is 9.59 Å². The van der Waals surface area contributed by atoms with E-state index in [0.29, 0.717) is 19.3 Å². The van der Waals surface area contributed by atoms with E-state index in [4.69, 9.17) is 0 Å². The Balaban J connectivity index is 4.08. The summed E-state index contributed by atoms with van der Waals surface area (Å²) in [6.45, 7) is 4.81. The van der Waals surface area contributed by atoms with Crippen LogP contribution >= 0.6 is 0 Å². The monoisotopic (exact) mass is 183 g/mol. The van der Waals surface area contributed by atoms with Crippen molar-refractivity contribution in [3.63, 3.8) is 0 Å². The molecule has 0 aromatic heterocycles. The minimum atomic E-state index is 0.0728. The first-order chi connectivity index (χ1) is 6.15. The molecule has 0 aromatic rings. The quantitative estimate of drug-likeness (QED) is 0.553. The molecule has 0 rings (SSSR count). The number of ketones is 1. The first-order valence-corrected chi connectivity index (χ1v) is 4.95. The van der Waals surface area contributed by atoms with Crippen LogP contribution in [-0.4, -0.2) is 37.5 Å². The second kappa shape index (κ2) is 6.69. The molecule has 74 valence electrons. The third-order valence-corrected chi connectivity index (χ3v) is 1.91. The largest absolute Gasteiger partial charge is 0.336 e. The Morgan fingerprint density at radius 2 is 1.92 bits per heavy atom. The normalized spacial score (nSPS) is 9.69. The number of hydrogen-bond donors (Lipinski definition) is 0. The van der Waals surface area contributed by atoms with E-state index in [-0.39, 0.29) is 18.2 Å². The summed E-state index contributed by atoms with van der Waals surface area (Å²) in [4.78, 5) is 24.1. The second-order valence-corrected chi connectivity index (χ2v) is 3.06. The Hall–Kier alpha value is -0.795. The van der Waals surface area contributed by atoms with Gasteiger partial charge in [0.05, 0.1) is 6.54 Å². The molecule has 1 amide bonds. The van der Waals surface area contributed by atoms with Gasteiger partial charge in [-0.05, 0) is 12.7 Å². The van der Waals surface area contributed by atoms with Crippen LogP contribution < -0.4 is 0 Å². The molecule has 0 saturated heterocycles. The highest BCUT2D eigenvalue weighted by molar-refractivity contribution is 6.19. The Kier molecular flexibility index (Phi) is 6.28. The molecule has 0 N–H and O–H groups in total. The summed E-state index contributed by atoms with van der Waals surface area (Å²) < 4.78 is 0. The number of rotatable bonds is 6. The standard InChI is InChI=1S/C9H18BNO2/c1-3-5-11(9(13)6-10)7-8(12)4-2/h3-7,10H2,1-2H3. The van der Waals surface area contributed by atoms with Gasteiger partial charge >= 0.3 is 0 Å². The Morgan fingerprint density at radius 1 is 1.31 bits per heavy atom. The zero-order chi connectivity index (χ0) is 10.3. The van der Waals surface area contributed by atoms with Gasteiger partial charge in [0.15, 0.2) is 5.78 Å². The van der Waals surface area contributed by atoms with E-state index >= 15 is 0 Å². The van der Waals surface area contributed by atoms with Crippen molar-refractivity contribution in [3.8, 4) is 0 Å². The van der Waals surface area contributed by atoms with E-state index in [2.05, 4.69) is 0 Å². The number of carbonyl (C=O) groups is 2. The molecule has 0 aromatic carbocycles. The van der Waals surface area contributed by atoms with Crippen LogP contribution in [0.2, 0.25) is 6.32 Å². The molecule has 0 radical (unpaired) electrons. The zero-order valence-corrected chi connectivity index (χ0v) is 8.80. The molecule has 0 saturated carbocycles. The van der Waals surface area contributed by atoms with Crippen molar-refractivity contribution in [2.24, 2.45) is 0 Å². The average molecular weight is 183 g/mol. The summed E-state index contributed by atoms with van der Waals surface area (Å²) in [6.07, 6.45) is 1.90. The van der Waals surface area contributed by atoms with Gasteiger partial charge in [0.25, 0.3) is 0 Å². The molecule has 0 bridgehead atoms. The van der Waals surface area contributed by atoms with E-state index in [0.717, 1.165) is 6.42 Å². The summed E-state index contributed by atoms with van der Waals surface area (Å²) in [5.74, 6) is 0.207. The molecular formula is C9H18BNO2. The van der Waals surface area contributed by atoms with Crippen molar-refractivity contribution in [3.05, 3.63) is 0 Å². The molecule has 3 nitrogen and oxygen atoms in total. The van der Waals surface area contributed by atoms with Crippen molar-refractivity contribution in [1.82, 2.24) is 4.90 Å². The third-order valence-electron chi connectivity index (χ3n) is 1.91. The molecule has 0 atom stereocenters. The van der Waals surface area contributed by atoms with Crippen LogP contribution in [0.15, 0.2) is 0 Å². The van der Waals surface area contributed by atoms with Gasteiger partial charge < -0.3 is 4.90 Å². The molecule has 4 heteroatoms. The fraction of sp³-hybridized carbons (Fsp3) is 0.778. The fourth-order valence-corrected chi connectivity index (χ4v) is 1.11. The molecule has 0 aliphatic heterocycles. The van der Waals surface area contributed by atoms with Gasteiger partial charge in [0, 0.05) is 13.0 Å². The Morgan fingerprint density at radius 3 is 2.31 bits per heavy atom. The minimum absolute atomic E-state index is 0.0728. The van der Waals surface area contributed by atoms with Crippen LogP contribution in [0.1, 0.15) is 26.7 Å². The molecule has 13 heavy (non-hydrogen) atoms. The van der Waals surface area contributed by atoms with Crippen LogP contribution in [0, 0.1) is 0 Å². The van der Waals surface area contributed by atoms with Gasteiger partial charge in [-0.1, -0.05) is 13.8 Å². The van der Waals surface area contributed by atoms with Crippen molar-refractivity contribution < 1.29 is 9.59 Å². The maximum Gasteiger partial charge on any atom is 0.215 e. The van der Waals surface area contributed by atoms with Gasteiger partial charge in [-0.2, -0.15) is 0 Å². The summed E-state index contributed by atoms with van der Waals surface area (Å²) in [6, 6.07) is 0. The van der Waals surface area contributed by atoms with Gasteiger partial charge in [0.1, 0.15) is 7.85 Å².